The SMILES string of the molecule is CC(C)[C@H](NC(=O)[C@H](CCC(=O)NC[C@H]1O[C@@H](CC(N)=O)[C@H](O)[C@@H]1O)NC(=O)OCC1c2ccccc2-c2ccccc21)C(=O)N[C@@H](C)C(=O)NCC(=O)NCOCC(=O)O. The van der Waals surface area contributed by atoms with Gasteiger partial charge in [0.15, 0.2) is 0 Å². The maximum atomic E-state index is 13.8. The van der Waals surface area contributed by atoms with Gasteiger partial charge in [-0.1, -0.05) is 62.4 Å². The molecule has 7 amide bonds. The first-order valence-electron chi connectivity index (χ1n) is 19.6. The summed E-state index contributed by atoms with van der Waals surface area (Å²) in [6, 6.07) is 11.5. The average Bonchev–Trinajstić information content (AvgIpc) is 3.68. The van der Waals surface area contributed by atoms with E-state index in [4.69, 9.17) is 25.1 Å². The Bertz CT molecular complexity index is 1880. The largest absolute Gasteiger partial charge is 0.480 e. The Morgan fingerprint density at radius 3 is 2.00 bits per heavy atom. The molecule has 2 aromatic carbocycles. The second-order valence-corrected chi connectivity index (χ2v) is 14.9. The first kappa shape index (κ1) is 47.5. The van der Waals surface area contributed by atoms with E-state index >= 15 is 0 Å². The highest BCUT2D eigenvalue weighted by Crippen LogP contribution is 2.44. The number of fused-ring (bicyclic) bond motifs is 3. The number of aliphatic hydroxyl groups is 2. The van der Waals surface area contributed by atoms with Crippen LogP contribution in [0.1, 0.15) is 57.1 Å². The van der Waals surface area contributed by atoms with Gasteiger partial charge in [-0.25, -0.2) is 9.59 Å². The number of rotatable bonds is 22. The molecule has 11 N–H and O–H groups in total. The number of benzene rings is 2. The zero-order valence-corrected chi connectivity index (χ0v) is 33.9. The number of aliphatic hydroxyl groups excluding tert-OH is 2. The molecule has 2 aliphatic rings. The van der Waals surface area contributed by atoms with Crippen molar-refractivity contribution in [1.82, 2.24) is 31.9 Å². The lowest BCUT2D eigenvalue weighted by Crippen LogP contribution is -2.58. The molecule has 21 heteroatoms. The first-order valence-corrected chi connectivity index (χ1v) is 19.6. The number of amides is 7. The monoisotopic (exact) mass is 855 g/mol. The van der Waals surface area contributed by atoms with Crippen molar-refractivity contribution in [2.45, 2.75) is 88.5 Å². The van der Waals surface area contributed by atoms with E-state index in [1.54, 1.807) is 13.8 Å². The van der Waals surface area contributed by atoms with Crippen molar-refractivity contribution in [2.24, 2.45) is 11.7 Å². The minimum atomic E-state index is -1.43. The zero-order chi connectivity index (χ0) is 44.8. The predicted octanol–water partition coefficient (Wildman–Crippen LogP) is -1.91. The van der Waals surface area contributed by atoms with E-state index in [-0.39, 0.29) is 38.3 Å². The Labute approximate surface area is 350 Å². The normalized spacial score (nSPS) is 19.3. The minimum Gasteiger partial charge on any atom is -0.480 e. The smallest absolute Gasteiger partial charge is 0.407 e. The van der Waals surface area contributed by atoms with Gasteiger partial charge in [0, 0.05) is 18.9 Å². The fourth-order valence-corrected chi connectivity index (χ4v) is 6.80. The highest BCUT2D eigenvalue weighted by Gasteiger charge is 2.43. The molecule has 4 rings (SSSR count). The van der Waals surface area contributed by atoms with E-state index < -0.39 is 116 Å². The topological polar surface area (TPSA) is 323 Å². The summed E-state index contributed by atoms with van der Waals surface area (Å²) >= 11 is 0. The molecule has 1 heterocycles. The molecule has 21 nitrogen and oxygen atoms in total. The Hall–Kier alpha value is -6.16. The van der Waals surface area contributed by atoms with Crippen LogP contribution in [-0.2, 0) is 47.8 Å². The molecular formula is C40H53N7O14. The average molecular weight is 856 g/mol. The van der Waals surface area contributed by atoms with Crippen LogP contribution in [0.3, 0.4) is 0 Å². The molecular weight excluding hydrogens is 802 g/mol. The molecule has 61 heavy (non-hydrogen) atoms. The number of carboxylic acid groups (broad SMARTS) is 1. The molecule has 1 saturated heterocycles. The third kappa shape index (κ3) is 13.7. The summed E-state index contributed by atoms with van der Waals surface area (Å²) in [4.78, 5) is 100. The quantitative estimate of drug-likeness (QED) is 0.0457. The molecule has 0 aromatic heterocycles. The number of primary amides is 1. The molecule has 332 valence electrons. The number of ether oxygens (including phenoxy) is 3. The third-order valence-corrected chi connectivity index (χ3v) is 10.00. The summed E-state index contributed by atoms with van der Waals surface area (Å²) in [7, 11) is 0. The van der Waals surface area contributed by atoms with E-state index in [1.165, 1.54) is 6.92 Å². The Morgan fingerprint density at radius 1 is 0.770 bits per heavy atom. The summed E-state index contributed by atoms with van der Waals surface area (Å²) in [5, 5.41) is 43.8. The fraction of sp³-hybridized carbons (Fsp3) is 0.500. The van der Waals surface area contributed by atoms with Crippen molar-refractivity contribution in [1.29, 1.82) is 0 Å². The summed E-state index contributed by atoms with van der Waals surface area (Å²) in [5.74, 6) is -6.55. The van der Waals surface area contributed by atoms with Gasteiger partial charge in [0.1, 0.15) is 56.4 Å². The van der Waals surface area contributed by atoms with Gasteiger partial charge in [-0.15, -0.1) is 0 Å². The van der Waals surface area contributed by atoms with Crippen molar-refractivity contribution >= 4 is 47.5 Å². The molecule has 1 aliphatic carbocycles. The number of nitrogens with one attached hydrogen (secondary N) is 6. The number of carbonyl (C=O) groups excluding carboxylic acids is 7. The van der Waals surface area contributed by atoms with Crippen molar-refractivity contribution in [3.63, 3.8) is 0 Å². The van der Waals surface area contributed by atoms with Crippen molar-refractivity contribution < 1.29 is 67.9 Å². The number of carboxylic acids is 1. The second kappa shape index (κ2) is 22.4. The van der Waals surface area contributed by atoms with E-state index in [0.29, 0.717) is 0 Å². The lowest BCUT2D eigenvalue weighted by Gasteiger charge is -2.26. The lowest BCUT2D eigenvalue weighted by molar-refractivity contribution is -0.143. The van der Waals surface area contributed by atoms with Gasteiger partial charge in [0.2, 0.25) is 35.4 Å². The van der Waals surface area contributed by atoms with Crippen LogP contribution in [0.15, 0.2) is 48.5 Å². The van der Waals surface area contributed by atoms with Crippen LogP contribution in [0.5, 0.6) is 0 Å². The summed E-state index contributed by atoms with van der Waals surface area (Å²) in [6.45, 7) is 2.68. The van der Waals surface area contributed by atoms with Crippen LogP contribution in [0, 0.1) is 5.92 Å². The summed E-state index contributed by atoms with van der Waals surface area (Å²) in [5.41, 5.74) is 9.08. The molecule has 0 radical (unpaired) electrons. The van der Waals surface area contributed by atoms with E-state index in [1.807, 2.05) is 48.5 Å². The molecule has 2 aromatic rings. The van der Waals surface area contributed by atoms with Crippen molar-refractivity contribution in [3.8, 4) is 11.1 Å². The molecule has 0 spiro atoms. The number of carbonyl (C=O) groups is 8. The second-order valence-electron chi connectivity index (χ2n) is 14.9. The van der Waals surface area contributed by atoms with Crippen LogP contribution >= 0.6 is 0 Å². The van der Waals surface area contributed by atoms with Gasteiger partial charge in [-0.05, 0) is 41.5 Å². The predicted molar refractivity (Wildman–Crippen MR) is 213 cm³/mol. The molecule has 0 unspecified atom stereocenters. The zero-order valence-electron chi connectivity index (χ0n) is 33.9. The number of hydrogen-bond donors (Lipinski definition) is 10. The number of hydrogen-bond acceptors (Lipinski definition) is 13. The first-order chi connectivity index (χ1) is 29.0. The van der Waals surface area contributed by atoms with Gasteiger partial charge in [0.05, 0.1) is 19.1 Å². The highest BCUT2D eigenvalue weighted by atomic mass is 16.6. The standard InChI is InChI=1S/C40H53N7O14/c1-20(2)34(39(57)45-21(3)37(55)43-16-32(50)44-19-59-18-33(51)52)47-38(56)27(12-13-31(49)42-15-29-36(54)35(53)28(61-29)14-30(41)48)46-40(58)60-17-26-24-10-6-4-8-22(24)23-9-5-7-11-25(23)26/h4-11,20-21,26-29,34-36,53-54H,12-19H2,1-3H3,(H2,41,48)(H,42,49)(H,43,55)(H,44,50)(H,45,57)(H,46,58)(H,47,56)(H,51,52)/t21-,27-,28-,29+,34-,35-,36+/m0/s1. The Kier molecular flexibility index (Phi) is 17.5. The van der Waals surface area contributed by atoms with E-state index in [2.05, 4.69) is 31.9 Å². The number of aliphatic carboxylic acids is 1. The van der Waals surface area contributed by atoms with Gasteiger partial charge >= 0.3 is 12.1 Å². The van der Waals surface area contributed by atoms with Crippen LogP contribution < -0.4 is 37.6 Å². The van der Waals surface area contributed by atoms with Gasteiger partial charge in [-0.3, -0.25) is 28.8 Å². The maximum absolute atomic E-state index is 13.8. The van der Waals surface area contributed by atoms with Gasteiger partial charge in [-0.2, -0.15) is 0 Å². The van der Waals surface area contributed by atoms with Gasteiger partial charge < -0.3 is 67.2 Å². The maximum Gasteiger partial charge on any atom is 0.407 e. The molecule has 0 bridgehead atoms. The number of alkyl carbamates (subject to hydrolysis) is 1. The summed E-state index contributed by atoms with van der Waals surface area (Å²) in [6.07, 6.45) is -6.97. The summed E-state index contributed by atoms with van der Waals surface area (Å²) < 4.78 is 15.8. The minimum absolute atomic E-state index is 0.0852. The third-order valence-electron chi connectivity index (χ3n) is 10.00. The molecule has 0 saturated carbocycles. The van der Waals surface area contributed by atoms with Crippen LogP contribution in [0.25, 0.3) is 11.1 Å². The Balaban J connectivity index is 1.39. The molecule has 1 fully saturated rings. The lowest BCUT2D eigenvalue weighted by atomic mass is 9.98. The van der Waals surface area contributed by atoms with E-state index in [9.17, 15) is 48.6 Å². The fourth-order valence-electron chi connectivity index (χ4n) is 6.80. The van der Waals surface area contributed by atoms with Crippen LogP contribution in [0.2, 0.25) is 0 Å². The highest BCUT2D eigenvalue weighted by molar-refractivity contribution is 5.95. The van der Waals surface area contributed by atoms with Gasteiger partial charge in [0.25, 0.3) is 0 Å². The van der Waals surface area contributed by atoms with Crippen molar-refractivity contribution in [2.75, 3.05) is 33.0 Å². The van der Waals surface area contributed by atoms with Crippen LogP contribution in [0.4, 0.5) is 4.79 Å². The van der Waals surface area contributed by atoms with Crippen molar-refractivity contribution in [3.05, 3.63) is 59.7 Å². The van der Waals surface area contributed by atoms with E-state index in [0.717, 1.165) is 22.3 Å². The van der Waals surface area contributed by atoms with Crippen LogP contribution in [-0.4, -0.2) is 138 Å². The number of nitrogens with two attached hydrogens (primary N) is 1. The molecule has 1 aliphatic heterocycles. The molecule has 7 atom stereocenters. The Morgan fingerprint density at radius 2 is 1.39 bits per heavy atom.